The zero-order valence-corrected chi connectivity index (χ0v) is 21.5. The second-order valence-corrected chi connectivity index (χ2v) is 8.47. The minimum Gasteiger partial charge on any atom is -0.507 e. The van der Waals surface area contributed by atoms with Crippen molar-refractivity contribution >= 4 is 34.7 Å². The van der Waals surface area contributed by atoms with Gasteiger partial charge in [-0.25, -0.2) is 0 Å². The minimum atomic E-state index is -1.00. The molecular formula is C28H26ClNO7. The molecule has 0 spiro atoms. The van der Waals surface area contributed by atoms with Crippen LogP contribution in [-0.4, -0.2) is 44.7 Å². The van der Waals surface area contributed by atoms with E-state index in [1.54, 1.807) is 54.6 Å². The van der Waals surface area contributed by atoms with Gasteiger partial charge in [-0.05, 0) is 55.0 Å². The third kappa shape index (κ3) is 4.80. The molecule has 1 amide bonds. The van der Waals surface area contributed by atoms with Gasteiger partial charge in [0.2, 0.25) is 0 Å². The normalized spacial score (nSPS) is 16.6. The first-order valence-corrected chi connectivity index (χ1v) is 11.8. The number of Topliss-reactive ketones (excluding diaryl/α,β-unsaturated/α-hetero) is 1. The fraction of sp³-hybridized carbons (Fsp3) is 0.214. The van der Waals surface area contributed by atoms with Gasteiger partial charge in [0.15, 0.2) is 11.5 Å². The van der Waals surface area contributed by atoms with Crippen LogP contribution in [0.1, 0.15) is 24.1 Å². The molecule has 1 atom stereocenters. The molecule has 192 valence electrons. The van der Waals surface area contributed by atoms with Gasteiger partial charge in [-0.3, -0.25) is 14.5 Å². The highest BCUT2D eigenvalue weighted by molar-refractivity contribution is 6.52. The van der Waals surface area contributed by atoms with Gasteiger partial charge in [0.05, 0.1) is 44.6 Å². The van der Waals surface area contributed by atoms with Crippen LogP contribution in [0.5, 0.6) is 23.0 Å². The SMILES string of the molecule is CCOc1cc(C2/C(=C(\O)c3cc(OC)ccc3Cl)C(=O)C(=O)N2c2cccc(OC)c2)ccc1OC. The molecular weight excluding hydrogens is 498 g/mol. The number of hydrogen-bond donors (Lipinski definition) is 1. The molecule has 0 aromatic heterocycles. The summed E-state index contributed by atoms with van der Waals surface area (Å²) in [7, 11) is 4.50. The topological polar surface area (TPSA) is 94.5 Å². The molecule has 1 unspecified atom stereocenters. The molecule has 1 saturated heterocycles. The minimum absolute atomic E-state index is 0.129. The molecule has 8 nitrogen and oxygen atoms in total. The Kier molecular flexibility index (Phi) is 7.59. The molecule has 0 saturated carbocycles. The van der Waals surface area contributed by atoms with E-state index in [0.717, 1.165) is 0 Å². The van der Waals surface area contributed by atoms with Crippen molar-refractivity contribution < 1.29 is 33.6 Å². The Labute approximate surface area is 219 Å². The van der Waals surface area contributed by atoms with Crippen LogP contribution in [0.15, 0.2) is 66.2 Å². The summed E-state index contributed by atoms with van der Waals surface area (Å²) < 4.78 is 21.7. The number of benzene rings is 3. The van der Waals surface area contributed by atoms with Crippen molar-refractivity contribution in [2.24, 2.45) is 0 Å². The van der Waals surface area contributed by atoms with Gasteiger partial charge in [0.1, 0.15) is 17.3 Å². The molecule has 1 aliphatic rings. The molecule has 0 bridgehead atoms. The van der Waals surface area contributed by atoms with Gasteiger partial charge in [0.25, 0.3) is 11.7 Å². The maximum absolute atomic E-state index is 13.5. The van der Waals surface area contributed by atoms with Crippen molar-refractivity contribution in [3.8, 4) is 23.0 Å². The Morgan fingerprint density at radius 3 is 2.32 bits per heavy atom. The number of hydrogen-bond acceptors (Lipinski definition) is 7. The van der Waals surface area contributed by atoms with Crippen LogP contribution in [-0.2, 0) is 9.59 Å². The molecule has 0 radical (unpaired) electrons. The van der Waals surface area contributed by atoms with Crippen LogP contribution in [0, 0.1) is 0 Å². The third-order valence-electron chi connectivity index (χ3n) is 6.01. The summed E-state index contributed by atoms with van der Waals surface area (Å²) in [5.41, 5.74) is 0.964. The first-order chi connectivity index (χ1) is 17.8. The fourth-order valence-electron chi connectivity index (χ4n) is 4.26. The number of anilines is 1. The van der Waals surface area contributed by atoms with E-state index in [-0.39, 0.29) is 16.2 Å². The van der Waals surface area contributed by atoms with Gasteiger partial charge >= 0.3 is 0 Å². The molecule has 37 heavy (non-hydrogen) atoms. The molecule has 1 heterocycles. The number of ether oxygens (including phenoxy) is 4. The highest BCUT2D eigenvalue weighted by Crippen LogP contribution is 2.45. The average molecular weight is 524 g/mol. The Hall–Kier alpha value is -4.17. The number of ketones is 1. The quantitative estimate of drug-likeness (QED) is 0.240. The first-order valence-electron chi connectivity index (χ1n) is 11.4. The number of aliphatic hydroxyl groups excluding tert-OH is 1. The van der Waals surface area contributed by atoms with Gasteiger partial charge in [0, 0.05) is 17.3 Å². The Bertz CT molecular complexity index is 1380. The van der Waals surface area contributed by atoms with Crippen molar-refractivity contribution in [3.63, 3.8) is 0 Å². The molecule has 4 rings (SSSR count). The fourth-order valence-corrected chi connectivity index (χ4v) is 4.47. The van der Waals surface area contributed by atoms with Crippen molar-refractivity contribution in [1.29, 1.82) is 0 Å². The monoisotopic (exact) mass is 523 g/mol. The lowest BCUT2D eigenvalue weighted by Gasteiger charge is -2.26. The van der Waals surface area contributed by atoms with Crippen LogP contribution in [0.3, 0.4) is 0 Å². The van der Waals surface area contributed by atoms with Crippen molar-refractivity contribution in [3.05, 3.63) is 82.4 Å². The number of rotatable bonds is 8. The number of carbonyl (C=O) groups excluding carboxylic acids is 2. The van der Waals surface area contributed by atoms with E-state index in [9.17, 15) is 14.7 Å². The standard InChI is InChI=1S/C28H26ClNO7/c1-5-37-23-13-16(9-12-22(23)36-4)25-24(26(31)20-15-19(35-3)10-11-21(20)29)27(32)28(33)30(25)17-7-6-8-18(14-17)34-2/h6-15,25,31H,5H2,1-4H3/b26-24+. The number of aliphatic hydroxyl groups is 1. The molecule has 3 aromatic rings. The van der Waals surface area contributed by atoms with Gasteiger partial charge in [-0.15, -0.1) is 0 Å². The summed E-state index contributed by atoms with van der Waals surface area (Å²) in [6.45, 7) is 2.20. The number of methoxy groups -OCH3 is 3. The largest absolute Gasteiger partial charge is 0.507 e. The second-order valence-electron chi connectivity index (χ2n) is 8.06. The Morgan fingerprint density at radius 1 is 0.919 bits per heavy atom. The van der Waals surface area contributed by atoms with E-state index in [2.05, 4.69) is 0 Å². The third-order valence-corrected chi connectivity index (χ3v) is 6.34. The van der Waals surface area contributed by atoms with E-state index in [4.69, 9.17) is 30.5 Å². The van der Waals surface area contributed by atoms with Crippen LogP contribution in [0.4, 0.5) is 5.69 Å². The highest BCUT2D eigenvalue weighted by atomic mass is 35.5. The highest BCUT2D eigenvalue weighted by Gasteiger charge is 2.47. The van der Waals surface area contributed by atoms with E-state index in [0.29, 0.717) is 40.9 Å². The molecule has 1 aliphatic heterocycles. The van der Waals surface area contributed by atoms with Crippen molar-refractivity contribution in [2.45, 2.75) is 13.0 Å². The maximum Gasteiger partial charge on any atom is 0.300 e. The lowest BCUT2D eigenvalue weighted by Crippen LogP contribution is -2.29. The van der Waals surface area contributed by atoms with Crippen molar-refractivity contribution in [1.82, 2.24) is 0 Å². The summed E-state index contributed by atoms with van der Waals surface area (Å²) >= 11 is 6.39. The smallest absolute Gasteiger partial charge is 0.300 e. The van der Waals surface area contributed by atoms with Gasteiger partial charge in [-0.1, -0.05) is 23.7 Å². The first kappa shape index (κ1) is 25.9. The predicted molar refractivity (Wildman–Crippen MR) is 140 cm³/mol. The number of amides is 1. The van der Waals surface area contributed by atoms with E-state index in [1.165, 1.54) is 32.3 Å². The van der Waals surface area contributed by atoms with Gasteiger partial charge < -0.3 is 24.1 Å². The van der Waals surface area contributed by atoms with Crippen LogP contribution in [0.2, 0.25) is 5.02 Å². The lowest BCUT2D eigenvalue weighted by molar-refractivity contribution is -0.132. The zero-order chi connectivity index (χ0) is 26.7. The predicted octanol–water partition coefficient (Wildman–Crippen LogP) is 5.39. The summed E-state index contributed by atoms with van der Waals surface area (Å²) in [5.74, 6) is -0.263. The van der Waals surface area contributed by atoms with Crippen LogP contribution < -0.4 is 23.8 Å². The van der Waals surface area contributed by atoms with E-state index >= 15 is 0 Å². The maximum atomic E-state index is 13.5. The molecule has 9 heteroatoms. The van der Waals surface area contributed by atoms with E-state index in [1.807, 2.05) is 6.92 Å². The molecule has 1 fully saturated rings. The molecule has 0 aliphatic carbocycles. The van der Waals surface area contributed by atoms with Crippen LogP contribution in [0.25, 0.3) is 5.76 Å². The number of nitrogens with zero attached hydrogens (tertiary/aromatic N) is 1. The average Bonchev–Trinajstić information content (AvgIpc) is 3.18. The second kappa shape index (κ2) is 10.8. The summed E-state index contributed by atoms with van der Waals surface area (Å²) in [5, 5.41) is 11.6. The summed E-state index contributed by atoms with van der Waals surface area (Å²) in [6, 6.07) is 15.5. The lowest BCUT2D eigenvalue weighted by atomic mass is 9.94. The summed E-state index contributed by atoms with van der Waals surface area (Å²) in [6.07, 6.45) is 0. The Morgan fingerprint density at radius 2 is 1.65 bits per heavy atom. The zero-order valence-electron chi connectivity index (χ0n) is 20.8. The molecule has 3 aromatic carbocycles. The van der Waals surface area contributed by atoms with Crippen LogP contribution >= 0.6 is 11.6 Å². The Balaban J connectivity index is 2.00. The van der Waals surface area contributed by atoms with E-state index < -0.39 is 23.5 Å². The van der Waals surface area contributed by atoms with Crippen molar-refractivity contribution in [2.75, 3.05) is 32.8 Å². The van der Waals surface area contributed by atoms with Gasteiger partial charge in [-0.2, -0.15) is 0 Å². The number of carbonyl (C=O) groups is 2. The number of halogens is 1. The molecule has 1 N–H and O–H groups in total. The summed E-state index contributed by atoms with van der Waals surface area (Å²) in [4.78, 5) is 28.2.